The van der Waals surface area contributed by atoms with Crippen molar-refractivity contribution < 1.29 is 9.53 Å². The number of halogens is 1. The van der Waals surface area contributed by atoms with E-state index in [0.29, 0.717) is 29.2 Å². The molecule has 0 spiro atoms. The first-order valence-electron chi connectivity index (χ1n) is 8.49. The predicted octanol–water partition coefficient (Wildman–Crippen LogP) is 2.99. The van der Waals surface area contributed by atoms with Crippen LogP contribution in [0.1, 0.15) is 30.1 Å². The molecule has 0 atom stereocenters. The third-order valence-electron chi connectivity index (χ3n) is 4.24. The van der Waals surface area contributed by atoms with Gasteiger partial charge in [0, 0.05) is 17.1 Å². The molecule has 0 radical (unpaired) electrons. The van der Waals surface area contributed by atoms with Crippen LogP contribution < -0.4 is 11.2 Å². The van der Waals surface area contributed by atoms with Crippen molar-refractivity contribution in [2.75, 3.05) is 7.11 Å². The van der Waals surface area contributed by atoms with Crippen LogP contribution in [-0.4, -0.2) is 27.6 Å². The molecule has 0 aliphatic heterocycles. The summed E-state index contributed by atoms with van der Waals surface area (Å²) < 4.78 is 6.20. The first-order valence-corrected chi connectivity index (χ1v) is 8.86. The molecule has 0 fully saturated rings. The molecule has 0 aliphatic carbocycles. The quantitative estimate of drug-likeness (QED) is 0.679. The molecule has 0 saturated carbocycles. The molecule has 0 amide bonds. The van der Waals surface area contributed by atoms with Crippen molar-refractivity contribution >= 4 is 28.6 Å². The van der Waals surface area contributed by atoms with Crippen LogP contribution in [0.4, 0.5) is 0 Å². The normalized spacial score (nSPS) is 10.9. The molecular weight excluding hydrogens is 370 g/mol. The van der Waals surface area contributed by atoms with E-state index in [4.69, 9.17) is 16.3 Å². The lowest BCUT2D eigenvalue weighted by Crippen LogP contribution is -2.32. The number of fused-ring (bicyclic) bond motifs is 1. The number of nitrogens with one attached hydrogen (secondary N) is 1. The summed E-state index contributed by atoms with van der Waals surface area (Å²) in [4.78, 5) is 43.9. The largest absolute Gasteiger partial charge is 0.465 e. The zero-order chi connectivity index (χ0) is 19.6. The maximum atomic E-state index is 12.4. The number of nitrogens with zero attached hydrogens (tertiary/aromatic N) is 2. The van der Waals surface area contributed by atoms with Gasteiger partial charge in [0.25, 0.3) is 5.56 Å². The number of aromatic nitrogens is 3. The molecule has 2 aromatic heterocycles. The number of hydrogen-bond acceptors (Lipinski definition) is 5. The highest BCUT2D eigenvalue weighted by atomic mass is 35.5. The Balaban J connectivity index is 2.44. The van der Waals surface area contributed by atoms with Crippen LogP contribution in [-0.2, 0) is 11.3 Å². The average molecular weight is 388 g/mol. The first kappa shape index (κ1) is 18.8. The van der Waals surface area contributed by atoms with E-state index in [9.17, 15) is 14.4 Å². The summed E-state index contributed by atoms with van der Waals surface area (Å²) in [5.74, 6) is -0.693. The lowest BCUT2D eigenvalue weighted by atomic mass is 10.1. The zero-order valence-corrected chi connectivity index (χ0v) is 15.7. The Morgan fingerprint density at radius 3 is 2.70 bits per heavy atom. The van der Waals surface area contributed by atoms with Gasteiger partial charge in [-0.2, -0.15) is 0 Å². The highest BCUT2D eigenvalue weighted by Crippen LogP contribution is 2.29. The number of methoxy groups -OCH3 is 1. The van der Waals surface area contributed by atoms with Gasteiger partial charge in [-0.05, 0) is 18.6 Å². The summed E-state index contributed by atoms with van der Waals surface area (Å²) in [6.07, 6.45) is 1.56. The van der Waals surface area contributed by atoms with Crippen LogP contribution in [0.2, 0.25) is 5.02 Å². The maximum Gasteiger partial charge on any atom is 0.338 e. The Morgan fingerprint density at radius 2 is 2.04 bits per heavy atom. The van der Waals surface area contributed by atoms with Gasteiger partial charge in [0.05, 0.1) is 23.8 Å². The number of aromatic amines is 1. The number of H-pyrrole nitrogens is 1. The third kappa shape index (κ3) is 3.50. The summed E-state index contributed by atoms with van der Waals surface area (Å²) in [6.45, 7) is 2.35. The molecule has 1 N–H and O–H groups in total. The Labute approximate surface area is 159 Å². The maximum absolute atomic E-state index is 12.4. The van der Waals surface area contributed by atoms with E-state index in [2.05, 4.69) is 9.97 Å². The molecule has 3 rings (SSSR count). The van der Waals surface area contributed by atoms with E-state index in [1.807, 2.05) is 6.92 Å². The number of ether oxygens (including phenoxy) is 1. The number of carbonyl (C=O) groups is 1. The van der Waals surface area contributed by atoms with Gasteiger partial charge in [-0.25, -0.2) is 14.6 Å². The number of rotatable bonds is 5. The number of pyridine rings is 1. The molecule has 0 unspecified atom stereocenters. The van der Waals surface area contributed by atoms with Crippen molar-refractivity contribution in [2.24, 2.45) is 0 Å². The van der Waals surface area contributed by atoms with Crippen LogP contribution in [0.5, 0.6) is 0 Å². The van der Waals surface area contributed by atoms with Crippen LogP contribution in [0.15, 0.2) is 39.9 Å². The van der Waals surface area contributed by atoms with Crippen molar-refractivity contribution in [1.82, 2.24) is 14.5 Å². The van der Waals surface area contributed by atoms with Crippen molar-refractivity contribution in [1.29, 1.82) is 0 Å². The minimum atomic E-state index is -0.693. The summed E-state index contributed by atoms with van der Waals surface area (Å²) in [5, 5.41) is 0.459. The van der Waals surface area contributed by atoms with Crippen LogP contribution >= 0.6 is 11.6 Å². The second kappa shape index (κ2) is 7.75. The minimum absolute atomic E-state index is 0.0216. The highest BCUT2D eigenvalue weighted by Gasteiger charge is 2.21. The summed E-state index contributed by atoms with van der Waals surface area (Å²) >= 11 is 6.27. The molecule has 7 nitrogen and oxygen atoms in total. The Kier molecular flexibility index (Phi) is 5.41. The topological polar surface area (TPSA) is 94.1 Å². The van der Waals surface area contributed by atoms with Crippen molar-refractivity contribution in [3.63, 3.8) is 0 Å². The fourth-order valence-electron chi connectivity index (χ4n) is 2.88. The van der Waals surface area contributed by atoms with Gasteiger partial charge in [-0.1, -0.05) is 43.1 Å². The fraction of sp³-hybridized carbons (Fsp3) is 0.263. The SMILES string of the molecule is CCCCn1c(=O)[nH]c(=O)c2c(C(=O)OC)cc(-c3ccccc3Cl)nc21. The number of benzene rings is 1. The van der Waals surface area contributed by atoms with Gasteiger partial charge in [-0.3, -0.25) is 14.3 Å². The minimum Gasteiger partial charge on any atom is -0.465 e. The molecular formula is C19H18ClN3O4. The first-order chi connectivity index (χ1) is 13.0. The molecule has 0 bridgehead atoms. The number of esters is 1. The van der Waals surface area contributed by atoms with Crippen molar-refractivity contribution in [3.05, 3.63) is 61.8 Å². The van der Waals surface area contributed by atoms with Gasteiger partial charge in [0.2, 0.25) is 0 Å². The van der Waals surface area contributed by atoms with Crippen molar-refractivity contribution in [3.8, 4) is 11.3 Å². The second-order valence-corrected chi connectivity index (χ2v) is 6.40. The summed E-state index contributed by atoms with van der Waals surface area (Å²) in [7, 11) is 1.23. The zero-order valence-electron chi connectivity index (χ0n) is 14.9. The lowest BCUT2D eigenvalue weighted by molar-refractivity contribution is 0.0603. The average Bonchev–Trinajstić information content (AvgIpc) is 2.66. The Morgan fingerprint density at radius 1 is 1.30 bits per heavy atom. The van der Waals surface area contributed by atoms with Crippen LogP contribution in [0.25, 0.3) is 22.3 Å². The predicted molar refractivity (Wildman–Crippen MR) is 103 cm³/mol. The smallest absolute Gasteiger partial charge is 0.338 e. The molecule has 0 saturated heterocycles. The molecule has 1 aromatic carbocycles. The molecule has 140 valence electrons. The molecule has 2 heterocycles. The fourth-order valence-corrected chi connectivity index (χ4v) is 3.11. The Hall–Kier alpha value is -2.93. The van der Waals surface area contributed by atoms with Gasteiger partial charge in [0.1, 0.15) is 0 Å². The molecule has 3 aromatic rings. The van der Waals surface area contributed by atoms with E-state index in [1.54, 1.807) is 24.3 Å². The Bertz CT molecular complexity index is 1130. The highest BCUT2D eigenvalue weighted by molar-refractivity contribution is 6.33. The van der Waals surface area contributed by atoms with Gasteiger partial charge in [-0.15, -0.1) is 0 Å². The van der Waals surface area contributed by atoms with Gasteiger partial charge < -0.3 is 4.74 Å². The number of hydrogen-bond donors (Lipinski definition) is 1. The monoisotopic (exact) mass is 387 g/mol. The summed E-state index contributed by atoms with van der Waals surface area (Å²) in [6, 6.07) is 8.46. The number of unbranched alkanes of at least 4 members (excludes halogenated alkanes) is 1. The van der Waals surface area contributed by atoms with E-state index < -0.39 is 17.2 Å². The molecule has 0 aliphatic rings. The lowest BCUT2D eigenvalue weighted by Gasteiger charge is -2.13. The standard InChI is InChI=1S/C19H18ClN3O4/c1-3-4-9-23-16-15(17(24)22-19(23)26)12(18(25)27-2)10-14(21-16)11-7-5-6-8-13(11)20/h5-8,10H,3-4,9H2,1-2H3,(H,22,24,26). The molecule has 8 heteroatoms. The van der Waals surface area contributed by atoms with E-state index >= 15 is 0 Å². The third-order valence-corrected chi connectivity index (χ3v) is 4.57. The van der Waals surface area contributed by atoms with Crippen LogP contribution in [0, 0.1) is 0 Å². The van der Waals surface area contributed by atoms with E-state index in [0.717, 1.165) is 6.42 Å². The second-order valence-electron chi connectivity index (χ2n) is 5.99. The van der Waals surface area contributed by atoms with E-state index in [1.165, 1.54) is 17.7 Å². The summed E-state index contributed by atoms with van der Waals surface area (Å²) in [5.41, 5.74) is -0.120. The van der Waals surface area contributed by atoms with E-state index in [-0.39, 0.29) is 16.6 Å². The number of carbonyl (C=O) groups excluding carboxylic acids is 1. The van der Waals surface area contributed by atoms with Gasteiger partial charge in [0.15, 0.2) is 5.65 Å². The van der Waals surface area contributed by atoms with Crippen molar-refractivity contribution in [2.45, 2.75) is 26.3 Å². The van der Waals surface area contributed by atoms with Crippen LogP contribution in [0.3, 0.4) is 0 Å². The molecule has 27 heavy (non-hydrogen) atoms. The van der Waals surface area contributed by atoms with Gasteiger partial charge >= 0.3 is 11.7 Å². The number of aryl methyl sites for hydroxylation is 1.